The Hall–Kier alpha value is -2.87. The van der Waals surface area contributed by atoms with Gasteiger partial charge in [-0.2, -0.15) is 13.2 Å². The van der Waals surface area contributed by atoms with E-state index < -0.39 is 17.8 Å². The molecule has 3 rings (SSSR count). The van der Waals surface area contributed by atoms with Crippen molar-refractivity contribution in [1.29, 1.82) is 0 Å². The average molecular weight is 406 g/mol. The van der Waals surface area contributed by atoms with Gasteiger partial charge < -0.3 is 15.1 Å². The van der Waals surface area contributed by atoms with Crippen molar-refractivity contribution in [2.24, 2.45) is 0 Å². The lowest BCUT2D eigenvalue weighted by Gasteiger charge is -2.35. The predicted molar refractivity (Wildman–Crippen MR) is 102 cm³/mol. The van der Waals surface area contributed by atoms with Gasteiger partial charge in [0.25, 0.3) is 5.91 Å². The number of piperazine rings is 1. The predicted octanol–water partition coefficient (Wildman–Crippen LogP) is 2.13. The van der Waals surface area contributed by atoms with Crippen molar-refractivity contribution in [3.05, 3.63) is 65.7 Å². The number of nitrogens with zero attached hydrogens (tertiary/aromatic N) is 1. The second-order valence-corrected chi connectivity index (χ2v) is 7.08. The minimum Gasteiger partial charge on any atom is -0.332 e. The molecule has 2 N–H and O–H groups in total. The van der Waals surface area contributed by atoms with E-state index in [1.807, 2.05) is 30.3 Å². The Kier molecular flexibility index (Phi) is 6.22. The summed E-state index contributed by atoms with van der Waals surface area (Å²) >= 11 is 0. The van der Waals surface area contributed by atoms with Crippen LogP contribution in [0.2, 0.25) is 0 Å². The minimum atomic E-state index is -4.48. The first kappa shape index (κ1) is 20.9. The standard InChI is InChI=1S/C21H22F3N3O2/c1-15(28)26-10-12-27(13-11-26)19(16-6-3-2-4-7-16)20(29)25-18-9-5-8-17(14-18)21(22,23)24/h2-9,14,19H,10-13H2,1H3,(H,25,29)/p+1/t19-/m1/s1. The number of quaternary nitrogens is 1. The Morgan fingerprint density at radius 1 is 1.03 bits per heavy atom. The number of alkyl halides is 3. The maximum atomic E-state index is 13.1. The molecule has 1 heterocycles. The third kappa shape index (κ3) is 5.14. The molecule has 2 amide bonds. The fourth-order valence-electron chi connectivity index (χ4n) is 3.60. The van der Waals surface area contributed by atoms with Crippen LogP contribution in [-0.2, 0) is 15.8 Å². The second kappa shape index (κ2) is 8.65. The van der Waals surface area contributed by atoms with E-state index in [0.717, 1.165) is 22.6 Å². The van der Waals surface area contributed by atoms with Gasteiger partial charge in [-0.3, -0.25) is 9.59 Å². The smallest absolute Gasteiger partial charge is 0.332 e. The van der Waals surface area contributed by atoms with Crippen LogP contribution in [0, 0.1) is 0 Å². The van der Waals surface area contributed by atoms with E-state index in [4.69, 9.17) is 0 Å². The molecule has 0 saturated carbocycles. The molecule has 154 valence electrons. The fraction of sp³-hybridized carbons (Fsp3) is 0.333. The molecule has 1 fully saturated rings. The van der Waals surface area contributed by atoms with E-state index in [9.17, 15) is 22.8 Å². The Balaban J connectivity index is 1.82. The fourth-order valence-corrected chi connectivity index (χ4v) is 3.60. The van der Waals surface area contributed by atoms with Crippen LogP contribution in [0.4, 0.5) is 18.9 Å². The van der Waals surface area contributed by atoms with Crippen molar-refractivity contribution in [2.45, 2.75) is 19.1 Å². The summed E-state index contributed by atoms with van der Waals surface area (Å²) in [5, 5.41) is 2.64. The monoisotopic (exact) mass is 406 g/mol. The van der Waals surface area contributed by atoms with Crippen LogP contribution in [0.15, 0.2) is 54.6 Å². The third-order valence-corrected chi connectivity index (χ3v) is 5.11. The summed E-state index contributed by atoms with van der Waals surface area (Å²) in [6, 6.07) is 13.2. The lowest BCUT2D eigenvalue weighted by molar-refractivity contribution is -0.925. The number of hydrogen-bond donors (Lipinski definition) is 2. The van der Waals surface area contributed by atoms with Crippen LogP contribution in [0.1, 0.15) is 24.1 Å². The van der Waals surface area contributed by atoms with E-state index >= 15 is 0 Å². The van der Waals surface area contributed by atoms with Crippen molar-refractivity contribution in [1.82, 2.24) is 4.90 Å². The summed E-state index contributed by atoms with van der Waals surface area (Å²) in [5.74, 6) is -0.379. The minimum absolute atomic E-state index is 0.00581. The van der Waals surface area contributed by atoms with Gasteiger partial charge in [0.1, 0.15) is 0 Å². The highest BCUT2D eigenvalue weighted by atomic mass is 19.4. The lowest BCUT2D eigenvalue weighted by atomic mass is 10.0. The quantitative estimate of drug-likeness (QED) is 0.818. The number of halogens is 3. The zero-order valence-corrected chi connectivity index (χ0v) is 16.0. The van der Waals surface area contributed by atoms with Gasteiger partial charge in [-0.1, -0.05) is 36.4 Å². The highest BCUT2D eigenvalue weighted by Crippen LogP contribution is 2.30. The third-order valence-electron chi connectivity index (χ3n) is 5.11. The molecule has 0 radical (unpaired) electrons. The maximum Gasteiger partial charge on any atom is 0.416 e. The molecule has 2 aromatic carbocycles. The molecule has 0 aliphatic carbocycles. The molecule has 1 aliphatic heterocycles. The number of hydrogen-bond acceptors (Lipinski definition) is 2. The van der Waals surface area contributed by atoms with Gasteiger partial charge in [0.05, 0.1) is 31.7 Å². The van der Waals surface area contributed by atoms with Crippen molar-refractivity contribution < 1.29 is 27.7 Å². The van der Waals surface area contributed by atoms with Crippen LogP contribution in [-0.4, -0.2) is 42.9 Å². The van der Waals surface area contributed by atoms with Crippen molar-refractivity contribution in [3.63, 3.8) is 0 Å². The molecular formula is C21H23F3N3O2+. The molecule has 0 spiro atoms. The van der Waals surface area contributed by atoms with Crippen molar-refractivity contribution in [3.8, 4) is 0 Å². The van der Waals surface area contributed by atoms with Gasteiger partial charge in [0.2, 0.25) is 5.91 Å². The van der Waals surface area contributed by atoms with E-state index in [2.05, 4.69) is 5.32 Å². The summed E-state index contributed by atoms with van der Waals surface area (Å²) in [6.07, 6.45) is -4.48. The molecule has 1 aliphatic rings. The number of rotatable bonds is 4. The summed E-state index contributed by atoms with van der Waals surface area (Å²) < 4.78 is 38.9. The van der Waals surface area contributed by atoms with E-state index in [1.165, 1.54) is 19.1 Å². The van der Waals surface area contributed by atoms with Crippen LogP contribution in [0.5, 0.6) is 0 Å². The first-order chi connectivity index (χ1) is 13.8. The number of benzene rings is 2. The van der Waals surface area contributed by atoms with Gasteiger partial charge in [-0.15, -0.1) is 0 Å². The molecule has 2 aromatic rings. The lowest BCUT2D eigenvalue weighted by Crippen LogP contribution is -3.16. The zero-order chi connectivity index (χ0) is 21.0. The number of anilines is 1. The van der Waals surface area contributed by atoms with Crippen LogP contribution < -0.4 is 10.2 Å². The Morgan fingerprint density at radius 2 is 1.69 bits per heavy atom. The summed E-state index contributed by atoms with van der Waals surface area (Å²) in [6.45, 7) is 3.74. The molecular weight excluding hydrogens is 383 g/mol. The number of amides is 2. The Morgan fingerprint density at radius 3 is 2.28 bits per heavy atom. The first-order valence-electron chi connectivity index (χ1n) is 9.39. The molecule has 1 saturated heterocycles. The summed E-state index contributed by atoms with van der Waals surface area (Å²) in [4.78, 5) is 27.4. The highest BCUT2D eigenvalue weighted by molar-refractivity contribution is 5.94. The molecule has 5 nitrogen and oxygen atoms in total. The normalized spacial score (nSPS) is 16.3. The van der Waals surface area contributed by atoms with Crippen molar-refractivity contribution >= 4 is 17.5 Å². The topological polar surface area (TPSA) is 53.9 Å². The molecule has 0 aromatic heterocycles. The van der Waals surface area contributed by atoms with Gasteiger partial charge in [0.15, 0.2) is 6.04 Å². The molecule has 8 heteroatoms. The number of carbonyl (C=O) groups excluding carboxylic acids is 2. The van der Waals surface area contributed by atoms with Gasteiger partial charge >= 0.3 is 6.18 Å². The average Bonchev–Trinajstić information content (AvgIpc) is 2.69. The van der Waals surface area contributed by atoms with Gasteiger partial charge in [0, 0.05) is 18.2 Å². The number of nitrogens with one attached hydrogen (secondary N) is 2. The maximum absolute atomic E-state index is 13.1. The second-order valence-electron chi connectivity index (χ2n) is 7.08. The molecule has 0 bridgehead atoms. The summed E-state index contributed by atoms with van der Waals surface area (Å²) in [7, 11) is 0. The molecule has 0 unspecified atom stereocenters. The summed E-state index contributed by atoms with van der Waals surface area (Å²) in [5.41, 5.74) is 0.0739. The largest absolute Gasteiger partial charge is 0.416 e. The molecule has 29 heavy (non-hydrogen) atoms. The van der Waals surface area contributed by atoms with Gasteiger partial charge in [-0.25, -0.2) is 0 Å². The van der Waals surface area contributed by atoms with Crippen LogP contribution in [0.3, 0.4) is 0 Å². The highest BCUT2D eigenvalue weighted by Gasteiger charge is 2.35. The van der Waals surface area contributed by atoms with Crippen LogP contribution >= 0.6 is 0 Å². The first-order valence-corrected chi connectivity index (χ1v) is 9.39. The van der Waals surface area contributed by atoms with E-state index in [-0.39, 0.29) is 17.5 Å². The number of carbonyl (C=O) groups is 2. The zero-order valence-electron chi connectivity index (χ0n) is 16.0. The van der Waals surface area contributed by atoms with E-state index in [1.54, 1.807) is 4.90 Å². The van der Waals surface area contributed by atoms with Gasteiger partial charge in [-0.05, 0) is 18.2 Å². The SMILES string of the molecule is CC(=O)N1CC[NH+]([C@@H](C(=O)Nc2cccc(C(F)(F)F)c2)c2ccccc2)CC1. The Bertz CT molecular complexity index is 863. The molecule has 1 atom stereocenters. The Labute approximate surface area is 167 Å². The van der Waals surface area contributed by atoms with Crippen LogP contribution in [0.25, 0.3) is 0 Å². The van der Waals surface area contributed by atoms with Crippen molar-refractivity contribution in [2.75, 3.05) is 31.5 Å². The van der Waals surface area contributed by atoms with E-state index in [0.29, 0.717) is 26.2 Å².